The third-order valence-corrected chi connectivity index (χ3v) is 7.36. The van der Waals surface area contributed by atoms with Gasteiger partial charge >= 0.3 is 6.18 Å². The summed E-state index contributed by atoms with van der Waals surface area (Å²) in [5.41, 5.74) is 1.78. The molecule has 0 N–H and O–H groups in total. The van der Waals surface area contributed by atoms with Gasteiger partial charge in [0, 0.05) is 37.4 Å². The Kier molecular flexibility index (Phi) is 6.46. The molecule has 0 bridgehead atoms. The lowest BCUT2D eigenvalue weighted by atomic mass is 10.1. The third kappa shape index (κ3) is 4.71. The number of carbonyl (C=O) groups is 1. The molecular formula is C26H25ClF3N7O2. The van der Waals surface area contributed by atoms with Gasteiger partial charge in [0.05, 0.1) is 37.0 Å². The molecule has 1 atom stereocenters. The molecule has 0 saturated carbocycles. The van der Waals surface area contributed by atoms with E-state index in [1.165, 1.54) is 4.57 Å². The van der Waals surface area contributed by atoms with Crippen LogP contribution in [0.15, 0.2) is 42.7 Å². The van der Waals surface area contributed by atoms with E-state index in [4.69, 9.17) is 21.4 Å². The molecule has 6 rings (SSSR count). The molecule has 1 unspecified atom stereocenters. The summed E-state index contributed by atoms with van der Waals surface area (Å²) in [6.45, 7) is 4.06. The Morgan fingerprint density at radius 2 is 2.00 bits per heavy atom. The van der Waals surface area contributed by atoms with Crippen LogP contribution in [0.25, 0.3) is 22.8 Å². The predicted molar refractivity (Wildman–Crippen MR) is 137 cm³/mol. The van der Waals surface area contributed by atoms with Crippen molar-refractivity contribution in [1.29, 1.82) is 0 Å². The molecule has 9 nitrogen and oxygen atoms in total. The number of nitrogens with zero attached hydrogens (tertiary/aromatic N) is 7. The Morgan fingerprint density at radius 3 is 2.69 bits per heavy atom. The fraction of sp³-hybridized carbons (Fsp3) is 0.385. The predicted octanol–water partition coefficient (Wildman–Crippen LogP) is 5.20. The van der Waals surface area contributed by atoms with E-state index in [2.05, 4.69) is 10.1 Å². The minimum Gasteiger partial charge on any atom is -0.379 e. The molecule has 1 saturated heterocycles. The lowest BCUT2D eigenvalue weighted by molar-refractivity contribution is -0.140. The van der Waals surface area contributed by atoms with E-state index >= 15 is 0 Å². The molecule has 0 aliphatic carbocycles. The Bertz CT molecular complexity index is 1520. The van der Waals surface area contributed by atoms with Gasteiger partial charge < -0.3 is 9.30 Å². The summed E-state index contributed by atoms with van der Waals surface area (Å²) < 4.78 is 50.2. The normalized spacial score (nSPS) is 17.7. The smallest absolute Gasteiger partial charge is 0.379 e. The lowest BCUT2D eigenvalue weighted by Gasteiger charge is -2.27. The standard InChI is InChI=1S/C26H25ClF3N7O2/c1-2-34-14-21(26(28,29)30)32-25(34)17-5-3-16(4-6-17)13-35-22-11-20(33-36(22)9-7-23(35)38)24-19(27)12-31-37(24)18-8-10-39-15-18/h3-6,11-12,14,18H,2,7-10,13,15H2,1H3. The number of imidazole rings is 1. The van der Waals surface area contributed by atoms with E-state index < -0.39 is 11.9 Å². The van der Waals surface area contributed by atoms with Crippen LogP contribution >= 0.6 is 11.6 Å². The third-order valence-electron chi connectivity index (χ3n) is 7.08. The number of alkyl halides is 3. The minimum absolute atomic E-state index is 0.0434. The zero-order valence-electron chi connectivity index (χ0n) is 21.0. The molecule has 4 aromatic rings. The van der Waals surface area contributed by atoms with Crippen LogP contribution in [0.3, 0.4) is 0 Å². The van der Waals surface area contributed by atoms with Crippen LogP contribution in [0.4, 0.5) is 19.0 Å². The van der Waals surface area contributed by atoms with Gasteiger partial charge in [0.25, 0.3) is 0 Å². The van der Waals surface area contributed by atoms with Gasteiger partial charge in [0.15, 0.2) is 5.69 Å². The molecule has 1 aromatic carbocycles. The Balaban J connectivity index is 1.27. The van der Waals surface area contributed by atoms with Crippen LogP contribution in [-0.4, -0.2) is 48.2 Å². The fourth-order valence-corrected chi connectivity index (χ4v) is 5.30. The Labute approximate surface area is 226 Å². The highest BCUT2D eigenvalue weighted by Crippen LogP contribution is 2.36. The summed E-state index contributed by atoms with van der Waals surface area (Å²) in [5, 5.41) is 9.67. The Morgan fingerprint density at radius 1 is 1.21 bits per heavy atom. The van der Waals surface area contributed by atoms with Crippen molar-refractivity contribution in [2.24, 2.45) is 0 Å². The number of halogens is 4. The average Bonchev–Trinajstić information content (AvgIpc) is 3.70. The highest BCUT2D eigenvalue weighted by molar-refractivity contribution is 6.33. The summed E-state index contributed by atoms with van der Waals surface area (Å²) in [6.07, 6.45) is -0.775. The van der Waals surface area contributed by atoms with E-state index in [1.807, 2.05) is 10.7 Å². The van der Waals surface area contributed by atoms with Crippen molar-refractivity contribution >= 4 is 23.3 Å². The van der Waals surface area contributed by atoms with Crippen molar-refractivity contribution in [3.63, 3.8) is 0 Å². The number of benzene rings is 1. The number of amides is 1. The number of aromatic nitrogens is 6. The second-order valence-corrected chi connectivity index (χ2v) is 9.98. The molecular weight excluding hydrogens is 535 g/mol. The maximum atomic E-state index is 13.2. The molecule has 1 fully saturated rings. The van der Waals surface area contributed by atoms with Crippen molar-refractivity contribution in [1.82, 2.24) is 29.1 Å². The molecule has 39 heavy (non-hydrogen) atoms. The molecule has 5 heterocycles. The number of anilines is 1. The van der Waals surface area contributed by atoms with Crippen molar-refractivity contribution in [2.75, 3.05) is 18.1 Å². The number of ether oxygens (including phenoxy) is 1. The molecule has 3 aromatic heterocycles. The van der Waals surface area contributed by atoms with Crippen LogP contribution in [0.2, 0.25) is 5.02 Å². The van der Waals surface area contributed by atoms with E-state index in [0.29, 0.717) is 60.5 Å². The van der Waals surface area contributed by atoms with Crippen molar-refractivity contribution in [2.45, 2.75) is 51.6 Å². The molecule has 2 aliphatic rings. The first-order chi connectivity index (χ1) is 18.7. The van der Waals surface area contributed by atoms with Gasteiger partial charge in [-0.05, 0) is 18.9 Å². The summed E-state index contributed by atoms with van der Waals surface area (Å²) in [6, 6.07) is 8.96. The summed E-state index contributed by atoms with van der Waals surface area (Å²) in [4.78, 5) is 18.5. The fourth-order valence-electron chi connectivity index (χ4n) is 5.08. The maximum Gasteiger partial charge on any atom is 0.434 e. The van der Waals surface area contributed by atoms with Crippen LogP contribution in [0.1, 0.15) is 37.1 Å². The highest BCUT2D eigenvalue weighted by Gasteiger charge is 2.35. The topological polar surface area (TPSA) is 83.0 Å². The molecule has 13 heteroatoms. The van der Waals surface area contributed by atoms with Crippen LogP contribution in [0.5, 0.6) is 0 Å². The first-order valence-corrected chi connectivity index (χ1v) is 13.0. The molecule has 204 valence electrons. The van der Waals surface area contributed by atoms with E-state index in [1.54, 1.807) is 47.0 Å². The van der Waals surface area contributed by atoms with Gasteiger partial charge in [-0.1, -0.05) is 35.9 Å². The van der Waals surface area contributed by atoms with Gasteiger partial charge in [0.2, 0.25) is 5.91 Å². The van der Waals surface area contributed by atoms with Gasteiger partial charge in [0.1, 0.15) is 23.0 Å². The summed E-state index contributed by atoms with van der Waals surface area (Å²) in [5.74, 6) is 0.848. The highest BCUT2D eigenvalue weighted by atomic mass is 35.5. The first-order valence-electron chi connectivity index (χ1n) is 12.7. The first kappa shape index (κ1) is 25.6. The van der Waals surface area contributed by atoms with Crippen molar-refractivity contribution in [3.8, 4) is 22.8 Å². The molecule has 0 spiro atoms. The minimum atomic E-state index is -4.52. The zero-order chi connectivity index (χ0) is 27.3. The lowest BCUT2D eigenvalue weighted by Crippen LogP contribution is -2.36. The van der Waals surface area contributed by atoms with Crippen LogP contribution in [-0.2, 0) is 35.3 Å². The molecule has 1 amide bonds. The van der Waals surface area contributed by atoms with E-state index in [-0.39, 0.29) is 24.3 Å². The van der Waals surface area contributed by atoms with Crippen LogP contribution in [0, 0.1) is 0 Å². The van der Waals surface area contributed by atoms with Crippen molar-refractivity contribution < 1.29 is 22.7 Å². The zero-order valence-corrected chi connectivity index (χ0v) is 21.8. The molecule has 2 aliphatic heterocycles. The van der Waals surface area contributed by atoms with Gasteiger partial charge in [-0.25, -0.2) is 9.67 Å². The summed E-state index contributed by atoms with van der Waals surface area (Å²) >= 11 is 6.51. The SMILES string of the molecule is CCn1cc(C(F)(F)F)nc1-c1ccc(CN2C(=O)CCn3nc(-c4c(Cl)cnn4C4CCOC4)cc32)cc1. The van der Waals surface area contributed by atoms with Crippen LogP contribution < -0.4 is 4.90 Å². The van der Waals surface area contributed by atoms with Gasteiger partial charge in [-0.2, -0.15) is 23.4 Å². The monoisotopic (exact) mass is 559 g/mol. The van der Waals surface area contributed by atoms with E-state index in [9.17, 15) is 18.0 Å². The number of fused-ring (bicyclic) bond motifs is 1. The quantitative estimate of drug-likeness (QED) is 0.324. The average molecular weight is 560 g/mol. The second kappa shape index (κ2) is 9.83. The van der Waals surface area contributed by atoms with E-state index in [0.717, 1.165) is 18.2 Å². The summed E-state index contributed by atoms with van der Waals surface area (Å²) in [7, 11) is 0. The number of hydrogen-bond donors (Lipinski definition) is 0. The number of rotatable bonds is 6. The van der Waals surface area contributed by atoms with Gasteiger partial charge in [-0.3, -0.25) is 14.4 Å². The Hall–Kier alpha value is -3.64. The number of carbonyl (C=O) groups excluding carboxylic acids is 1. The number of aryl methyl sites for hydroxylation is 2. The number of hydrogen-bond acceptors (Lipinski definition) is 5. The second-order valence-electron chi connectivity index (χ2n) is 9.57. The van der Waals surface area contributed by atoms with Gasteiger partial charge in [-0.15, -0.1) is 0 Å². The largest absolute Gasteiger partial charge is 0.434 e. The van der Waals surface area contributed by atoms with Crippen molar-refractivity contribution in [3.05, 3.63) is 59.0 Å². The molecule has 0 radical (unpaired) electrons. The maximum absolute atomic E-state index is 13.2.